The lowest BCUT2D eigenvalue weighted by atomic mass is 10.2. The van der Waals surface area contributed by atoms with Gasteiger partial charge in [0.25, 0.3) is 5.69 Å². The van der Waals surface area contributed by atoms with E-state index in [1.807, 2.05) is 36.4 Å². The summed E-state index contributed by atoms with van der Waals surface area (Å²) in [4.78, 5) is 12.5. The van der Waals surface area contributed by atoms with E-state index < -0.39 is 4.92 Å². The molecule has 4 rings (SSSR count). The third kappa shape index (κ3) is 7.20. The van der Waals surface area contributed by atoms with Gasteiger partial charge in [0.15, 0.2) is 0 Å². The van der Waals surface area contributed by atoms with Crippen molar-refractivity contribution in [2.75, 3.05) is 18.0 Å². The Morgan fingerprint density at radius 2 is 0.789 bits per heavy atom. The van der Waals surface area contributed by atoms with Crippen LogP contribution >= 0.6 is 0 Å². The summed E-state index contributed by atoms with van der Waals surface area (Å²) in [6.07, 6.45) is 0. The zero-order chi connectivity index (χ0) is 26.7. The highest BCUT2D eigenvalue weighted by Crippen LogP contribution is 2.26. The van der Waals surface area contributed by atoms with Crippen LogP contribution in [0.15, 0.2) is 128 Å². The number of benzene rings is 4. The predicted octanol–water partition coefficient (Wildman–Crippen LogP) is 9.69. The van der Waals surface area contributed by atoms with Crippen LogP contribution in [0, 0.1) is 10.1 Å². The van der Waals surface area contributed by atoms with Crippen molar-refractivity contribution in [3.05, 3.63) is 107 Å². The first-order valence-corrected chi connectivity index (χ1v) is 12.1. The summed E-state index contributed by atoms with van der Waals surface area (Å²) in [7, 11) is 0. The molecule has 10 nitrogen and oxygen atoms in total. The van der Waals surface area contributed by atoms with Gasteiger partial charge in [-0.05, 0) is 98.8 Å². The van der Waals surface area contributed by atoms with Crippen LogP contribution < -0.4 is 4.90 Å². The van der Waals surface area contributed by atoms with E-state index in [4.69, 9.17) is 0 Å². The topological polar surface area (TPSA) is 121 Å². The first-order valence-electron chi connectivity index (χ1n) is 12.1. The summed E-state index contributed by atoms with van der Waals surface area (Å²) in [5.41, 5.74) is 5.19. The van der Waals surface area contributed by atoms with Gasteiger partial charge in [0.05, 0.1) is 39.0 Å². The molecule has 0 unspecified atom stereocenters. The molecule has 4 aromatic carbocycles. The Hall–Kier alpha value is -5.12. The van der Waals surface area contributed by atoms with Crippen molar-refractivity contribution >= 4 is 45.5 Å². The minimum atomic E-state index is -0.456. The van der Waals surface area contributed by atoms with Crippen molar-refractivity contribution in [3.8, 4) is 0 Å². The molecule has 38 heavy (non-hydrogen) atoms. The molecule has 0 amide bonds. The molecule has 0 aliphatic carbocycles. The first-order chi connectivity index (χ1) is 18.5. The highest BCUT2D eigenvalue weighted by atomic mass is 16.6. The van der Waals surface area contributed by atoms with E-state index in [0.29, 0.717) is 22.7 Å². The number of non-ortho nitro benzene ring substituents is 1. The van der Waals surface area contributed by atoms with Gasteiger partial charge in [0, 0.05) is 30.9 Å². The van der Waals surface area contributed by atoms with Crippen LogP contribution in [-0.4, -0.2) is 18.0 Å². The van der Waals surface area contributed by atoms with Crippen molar-refractivity contribution in [2.24, 2.45) is 30.7 Å². The van der Waals surface area contributed by atoms with E-state index in [1.54, 1.807) is 36.4 Å². The third-order valence-corrected chi connectivity index (χ3v) is 5.58. The standard InChI is InChI=1S/C28H26N8O2/c1-3-35(4-2)27-17-13-25(14-18-27)33-31-23-9-5-21(6-10-23)29-30-22-7-11-24(12-8-22)32-34-26-15-19-28(20-16-26)36(37)38/h5-20H,3-4H2,1-2H3. The Bertz CT molecular complexity index is 1430. The molecule has 0 aliphatic heterocycles. The number of hydrogen-bond donors (Lipinski definition) is 0. The van der Waals surface area contributed by atoms with E-state index >= 15 is 0 Å². The molecule has 0 saturated carbocycles. The Morgan fingerprint density at radius 3 is 1.05 bits per heavy atom. The molecule has 0 aliphatic rings. The van der Waals surface area contributed by atoms with E-state index in [2.05, 4.69) is 61.6 Å². The minimum absolute atomic E-state index is 0.00872. The number of nitrogens with zero attached hydrogens (tertiary/aromatic N) is 8. The van der Waals surface area contributed by atoms with Gasteiger partial charge in [-0.2, -0.15) is 30.7 Å². The minimum Gasteiger partial charge on any atom is -0.372 e. The van der Waals surface area contributed by atoms with Crippen LogP contribution in [0.3, 0.4) is 0 Å². The van der Waals surface area contributed by atoms with E-state index in [1.165, 1.54) is 17.8 Å². The highest BCUT2D eigenvalue weighted by Gasteiger charge is 2.03. The zero-order valence-corrected chi connectivity index (χ0v) is 21.0. The summed E-state index contributed by atoms with van der Waals surface area (Å²) in [5, 5.41) is 36.1. The van der Waals surface area contributed by atoms with Crippen LogP contribution in [0.25, 0.3) is 0 Å². The normalized spacial score (nSPS) is 11.5. The maximum atomic E-state index is 10.7. The molecule has 0 N–H and O–H groups in total. The monoisotopic (exact) mass is 506 g/mol. The second-order valence-corrected chi connectivity index (χ2v) is 8.09. The summed E-state index contributed by atoms with van der Waals surface area (Å²) in [6, 6.07) is 28.3. The molecule has 0 fully saturated rings. The van der Waals surface area contributed by atoms with Gasteiger partial charge in [-0.3, -0.25) is 10.1 Å². The lowest BCUT2D eigenvalue weighted by Crippen LogP contribution is -2.21. The smallest absolute Gasteiger partial charge is 0.269 e. The van der Waals surface area contributed by atoms with Crippen LogP contribution in [0.5, 0.6) is 0 Å². The quantitative estimate of drug-likeness (QED) is 0.121. The van der Waals surface area contributed by atoms with Gasteiger partial charge < -0.3 is 4.90 Å². The van der Waals surface area contributed by atoms with Gasteiger partial charge in [-0.25, -0.2) is 0 Å². The van der Waals surface area contributed by atoms with Gasteiger partial charge in [0.2, 0.25) is 0 Å². The molecule has 0 aromatic heterocycles. The van der Waals surface area contributed by atoms with Crippen molar-refractivity contribution in [2.45, 2.75) is 13.8 Å². The number of nitro groups is 1. The van der Waals surface area contributed by atoms with Gasteiger partial charge in [-0.15, -0.1) is 0 Å². The Morgan fingerprint density at radius 1 is 0.526 bits per heavy atom. The van der Waals surface area contributed by atoms with E-state index in [0.717, 1.165) is 24.5 Å². The largest absolute Gasteiger partial charge is 0.372 e. The summed E-state index contributed by atoms with van der Waals surface area (Å²) in [6.45, 7) is 6.20. The molecule has 0 spiro atoms. The lowest BCUT2D eigenvalue weighted by molar-refractivity contribution is -0.384. The third-order valence-electron chi connectivity index (χ3n) is 5.58. The zero-order valence-electron chi connectivity index (χ0n) is 21.0. The van der Waals surface area contributed by atoms with E-state index in [-0.39, 0.29) is 5.69 Å². The summed E-state index contributed by atoms with van der Waals surface area (Å²) >= 11 is 0. The number of rotatable bonds is 10. The molecule has 0 saturated heterocycles. The summed E-state index contributed by atoms with van der Waals surface area (Å²) < 4.78 is 0. The molecule has 4 aromatic rings. The second-order valence-electron chi connectivity index (χ2n) is 8.09. The molecule has 190 valence electrons. The van der Waals surface area contributed by atoms with Gasteiger partial charge >= 0.3 is 0 Å². The molecule has 0 heterocycles. The number of nitro benzene ring substituents is 1. The number of azo groups is 3. The summed E-state index contributed by atoms with van der Waals surface area (Å²) in [5.74, 6) is 0. The fraction of sp³-hybridized carbons (Fsp3) is 0.143. The van der Waals surface area contributed by atoms with Gasteiger partial charge in [-0.1, -0.05) is 0 Å². The van der Waals surface area contributed by atoms with Crippen molar-refractivity contribution < 1.29 is 4.92 Å². The molecule has 0 atom stereocenters. The predicted molar refractivity (Wildman–Crippen MR) is 149 cm³/mol. The molecule has 0 radical (unpaired) electrons. The highest BCUT2D eigenvalue weighted by molar-refractivity contribution is 5.53. The Labute approximate surface area is 220 Å². The van der Waals surface area contributed by atoms with Crippen molar-refractivity contribution in [1.29, 1.82) is 0 Å². The van der Waals surface area contributed by atoms with Gasteiger partial charge in [0.1, 0.15) is 0 Å². The maximum Gasteiger partial charge on any atom is 0.269 e. The number of hydrogen-bond acceptors (Lipinski definition) is 9. The molecular weight excluding hydrogens is 480 g/mol. The molecule has 0 bridgehead atoms. The lowest BCUT2D eigenvalue weighted by Gasteiger charge is -2.20. The van der Waals surface area contributed by atoms with E-state index in [9.17, 15) is 10.1 Å². The fourth-order valence-electron chi connectivity index (χ4n) is 3.48. The van der Waals surface area contributed by atoms with Crippen LogP contribution in [0.4, 0.5) is 45.5 Å². The van der Waals surface area contributed by atoms with Crippen molar-refractivity contribution in [3.63, 3.8) is 0 Å². The molecule has 10 heteroatoms. The number of anilines is 1. The van der Waals surface area contributed by atoms with Crippen LogP contribution in [0.2, 0.25) is 0 Å². The maximum absolute atomic E-state index is 10.7. The Balaban J connectivity index is 1.32. The fourth-order valence-corrected chi connectivity index (χ4v) is 3.48. The first kappa shape index (κ1) is 26.0. The average Bonchev–Trinajstić information content (AvgIpc) is 2.96. The average molecular weight is 507 g/mol. The van der Waals surface area contributed by atoms with Crippen LogP contribution in [0.1, 0.15) is 13.8 Å². The van der Waals surface area contributed by atoms with Crippen LogP contribution in [-0.2, 0) is 0 Å². The Kier molecular flexibility index (Phi) is 8.69. The second kappa shape index (κ2) is 12.7. The van der Waals surface area contributed by atoms with Crippen molar-refractivity contribution in [1.82, 2.24) is 0 Å². The molecular formula is C28H26N8O2. The SMILES string of the molecule is CCN(CC)c1ccc(N=Nc2ccc(N=Nc3ccc(N=Nc4ccc([N+](=O)[O-])cc4)cc3)cc2)cc1.